The van der Waals surface area contributed by atoms with Gasteiger partial charge < -0.3 is 14.2 Å². The van der Waals surface area contributed by atoms with Crippen molar-refractivity contribution >= 4 is 52.4 Å². The van der Waals surface area contributed by atoms with Crippen molar-refractivity contribution in [2.75, 3.05) is 11.5 Å². The maximum atomic E-state index is 14.4. The van der Waals surface area contributed by atoms with Crippen LogP contribution in [0.15, 0.2) is 104 Å². The van der Waals surface area contributed by atoms with Crippen molar-refractivity contribution in [2.45, 2.75) is 82.5 Å². The number of rotatable bonds is 14. The first-order valence-corrected chi connectivity index (χ1v) is 20.5. The van der Waals surface area contributed by atoms with E-state index in [4.69, 9.17) is 19.2 Å². The molecule has 0 radical (unpaired) electrons. The summed E-state index contributed by atoms with van der Waals surface area (Å²) >= 11 is 3.45. The lowest BCUT2D eigenvalue weighted by Crippen LogP contribution is -2.67. The van der Waals surface area contributed by atoms with Gasteiger partial charge in [0.25, 0.3) is 0 Å². The van der Waals surface area contributed by atoms with Gasteiger partial charge in [-0.05, 0) is 75.3 Å². The smallest absolute Gasteiger partial charge is 0.338 e. The van der Waals surface area contributed by atoms with E-state index in [9.17, 15) is 14.4 Å². The highest BCUT2D eigenvalue weighted by atomic mass is 32.2. The zero-order chi connectivity index (χ0) is 39.6. The Morgan fingerprint density at radius 3 is 1.64 bits per heavy atom. The van der Waals surface area contributed by atoms with Crippen molar-refractivity contribution in [3.05, 3.63) is 126 Å². The standard InChI is InChI=1S/C43H48N4O6S2/c1-28(2)24-54-39(55-25-29(3)4)40(5)41(6,51-37(49)31-20-14-10-15-21-31)42(7,52-38(50)32-22-16-11-17-23-32)43(8,53-40)47-27-46-34-33(44-26-45-36(34)47)35(48)30-18-12-9-13-19-30/h9-23,26-29,39H,24-25H2,1-8H3/t40-,41-,42-,43-/m1/s1. The van der Waals surface area contributed by atoms with Crippen LogP contribution in [0.5, 0.6) is 0 Å². The Labute approximate surface area is 331 Å². The summed E-state index contributed by atoms with van der Waals surface area (Å²) in [7, 11) is 0. The molecule has 10 nitrogen and oxygen atoms in total. The van der Waals surface area contributed by atoms with Gasteiger partial charge in [-0.15, -0.1) is 23.5 Å². The molecule has 55 heavy (non-hydrogen) atoms. The van der Waals surface area contributed by atoms with Crippen molar-refractivity contribution in [1.29, 1.82) is 0 Å². The largest absolute Gasteiger partial charge is 0.448 e. The minimum Gasteiger partial charge on any atom is -0.448 e. The van der Waals surface area contributed by atoms with E-state index in [0.717, 1.165) is 11.5 Å². The van der Waals surface area contributed by atoms with Gasteiger partial charge in [-0.3, -0.25) is 9.36 Å². The van der Waals surface area contributed by atoms with Crippen LogP contribution in [-0.2, 0) is 19.9 Å². The molecule has 0 spiro atoms. The normalized spacial score (nSPS) is 23.8. The van der Waals surface area contributed by atoms with Gasteiger partial charge in [-0.1, -0.05) is 94.4 Å². The summed E-state index contributed by atoms with van der Waals surface area (Å²) in [6, 6.07) is 26.3. The number of benzene rings is 3. The number of esters is 2. The van der Waals surface area contributed by atoms with E-state index in [-0.39, 0.29) is 27.2 Å². The molecule has 1 aliphatic rings. The highest BCUT2D eigenvalue weighted by Crippen LogP contribution is 2.63. The Balaban J connectivity index is 1.60. The number of nitrogens with zero attached hydrogens (tertiary/aromatic N) is 4. The molecule has 12 heteroatoms. The van der Waals surface area contributed by atoms with E-state index in [1.807, 2.05) is 25.1 Å². The molecule has 288 valence electrons. The molecule has 0 saturated carbocycles. The quantitative estimate of drug-likeness (QED) is 0.0610. The third-order valence-corrected chi connectivity index (χ3v) is 14.5. The zero-order valence-electron chi connectivity index (χ0n) is 32.5. The Bertz CT molecular complexity index is 2140. The van der Waals surface area contributed by atoms with Gasteiger partial charge in [0.15, 0.2) is 22.6 Å². The van der Waals surface area contributed by atoms with Crippen LogP contribution in [0.3, 0.4) is 0 Å². The molecular weight excluding hydrogens is 733 g/mol. The number of imidazole rings is 1. The first-order chi connectivity index (χ1) is 26.1. The van der Waals surface area contributed by atoms with E-state index >= 15 is 0 Å². The lowest BCUT2D eigenvalue weighted by Gasteiger charge is -2.49. The van der Waals surface area contributed by atoms with Gasteiger partial charge in [0.05, 0.1) is 22.0 Å². The minimum atomic E-state index is -1.76. The summed E-state index contributed by atoms with van der Waals surface area (Å²) in [5.41, 5.74) is -4.64. The van der Waals surface area contributed by atoms with Crippen LogP contribution in [0.25, 0.3) is 11.2 Å². The summed E-state index contributed by atoms with van der Waals surface area (Å²) in [4.78, 5) is 56.2. The van der Waals surface area contributed by atoms with Gasteiger partial charge in [-0.2, -0.15) is 0 Å². The number of ether oxygens (including phenoxy) is 3. The molecule has 5 aromatic rings. The second-order valence-electron chi connectivity index (χ2n) is 15.3. The van der Waals surface area contributed by atoms with E-state index in [2.05, 4.69) is 37.7 Å². The summed E-state index contributed by atoms with van der Waals surface area (Å²) in [5, 5.41) is 0. The zero-order valence-corrected chi connectivity index (χ0v) is 34.1. The number of aromatic nitrogens is 4. The van der Waals surface area contributed by atoms with Gasteiger partial charge in [-0.25, -0.2) is 24.5 Å². The third-order valence-electron chi connectivity index (χ3n) is 10.4. The molecular formula is C43H48N4O6S2. The Kier molecular flexibility index (Phi) is 11.6. The number of hydrogen-bond acceptors (Lipinski definition) is 11. The molecule has 1 aliphatic heterocycles. The van der Waals surface area contributed by atoms with Crippen LogP contribution in [-0.4, -0.2) is 70.1 Å². The van der Waals surface area contributed by atoms with Gasteiger partial charge in [0, 0.05) is 5.56 Å². The minimum absolute atomic E-state index is 0.110. The fourth-order valence-electron chi connectivity index (χ4n) is 7.07. The monoisotopic (exact) mass is 780 g/mol. The SMILES string of the molecule is CC(C)CSC(SCC(C)C)[C@@]1(C)O[C@@](C)(n2cnc3c(C(=O)c4ccccc4)ncnc32)[C@](C)(OC(=O)c2ccccc2)[C@]1(C)OC(=O)c1ccccc1. The van der Waals surface area contributed by atoms with Crippen LogP contribution >= 0.6 is 23.5 Å². The van der Waals surface area contributed by atoms with Crippen LogP contribution in [0.1, 0.15) is 92.2 Å². The molecule has 3 aromatic carbocycles. The molecule has 0 N–H and O–H groups in total. The molecule has 2 aromatic heterocycles. The number of thioether (sulfide) groups is 2. The maximum absolute atomic E-state index is 14.4. The molecule has 1 fully saturated rings. The number of hydrogen-bond donors (Lipinski definition) is 0. The molecule has 0 unspecified atom stereocenters. The number of carbonyl (C=O) groups excluding carboxylic acids is 3. The molecule has 0 amide bonds. The average molecular weight is 781 g/mol. The summed E-state index contributed by atoms with van der Waals surface area (Å²) < 4.78 is 22.4. The fourth-order valence-corrected chi connectivity index (χ4v) is 10.2. The lowest BCUT2D eigenvalue weighted by molar-refractivity contribution is -0.189. The molecule has 3 heterocycles. The van der Waals surface area contributed by atoms with E-state index in [0.29, 0.717) is 28.5 Å². The molecule has 0 aliphatic carbocycles. The molecule has 1 saturated heterocycles. The predicted molar refractivity (Wildman–Crippen MR) is 217 cm³/mol. The van der Waals surface area contributed by atoms with Crippen molar-refractivity contribution in [2.24, 2.45) is 11.8 Å². The van der Waals surface area contributed by atoms with Crippen molar-refractivity contribution in [3.8, 4) is 0 Å². The van der Waals surface area contributed by atoms with Crippen molar-refractivity contribution < 1.29 is 28.6 Å². The lowest BCUT2D eigenvalue weighted by atomic mass is 9.72. The second-order valence-corrected chi connectivity index (χ2v) is 17.8. The highest BCUT2D eigenvalue weighted by molar-refractivity contribution is 8.17. The van der Waals surface area contributed by atoms with Crippen LogP contribution < -0.4 is 0 Å². The van der Waals surface area contributed by atoms with Crippen LogP contribution in [0, 0.1) is 11.8 Å². The van der Waals surface area contributed by atoms with Crippen molar-refractivity contribution in [1.82, 2.24) is 19.5 Å². The first-order valence-electron chi connectivity index (χ1n) is 18.4. The van der Waals surface area contributed by atoms with Crippen LogP contribution in [0.4, 0.5) is 0 Å². The summed E-state index contributed by atoms with van der Waals surface area (Å²) in [6.07, 6.45) is 2.84. The van der Waals surface area contributed by atoms with Crippen LogP contribution in [0.2, 0.25) is 0 Å². The Hall–Kier alpha value is -4.52. The second kappa shape index (κ2) is 15.9. The molecule has 0 bridgehead atoms. The fraction of sp³-hybridized carbons (Fsp3) is 0.395. The number of ketones is 1. The Morgan fingerprint density at radius 2 is 1.15 bits per heavy atom. The van der Waals surface area contributed by atoms with E-state index in [1.54, 1.807) is 122 Å². The van der Waals surface area contributed by atoms with E-state index in [1.165, 1.54) is 12.7 Å². The van der Waals surface area contributed by atoms with Gasteiger partial charge in [0.2, 0.25) is 5.78 Å². The summed E-state index contributed by atoms with van der Waals surface area (Å²) in [6.45, 7) is 15.9. The first kappa shape index (κ1) is 40.2. The van der Waals surface area contributed by atoms with Gasteiger partial charge >= 0.3 is 11.9 Å². The summed E-state index contributed by atoms with van der Waals surface area (Å²) in [5.74, 6) is 0.721. The highest BCUT2D eigenvalue weighted by Gasteiger charge is 2.80. The van der Waals surface area contributed by atoms with E-state index < -0.39 is 34.5 Å². The maximum Gasteiger partial charge on any atom is 0.338 e. The van der Waals surface area contributed by atoms with Gasteiger partial charge in [0.1, 0.15) is 23.1 Å². The third kappa shape index (κ3) is 7.32. The number of carbonyl (C=O) groups is 3. The number of fused-ring (bicyclic) bond motifs is 1. The topological polar surface area (TPSA) is 123 Å². The predicted octanol–water partition coefficient (Wildman–Crippen LogP) is 8.85. The molecule has 4 atom stereocenters. The average Bonchev–Trinajstić information content (AvgIpc) is 3.67. The Morgan fingerprint density at radius 1 is 0.673 bits per heavy atom. The molecule has 6 rings (SSSR count). The van der Waals surface area contributed by atoms with Crippen molar-refractivity contribution in [3.63, 3.8) is 0 Å².